The molecule has 4 aliphatic rings. The Morgan fingerprint density at radius 2 is 1.78 bits per heavy atom. The van der Waals surface area contributed by atoms with Crippen molar-refractivity contribution in [3.8, 4) is 5.75 Å². The summed E-state index contributed by atoms with van der Waals surface area (Å²) in [5, 5.41) is 25.8. The van der Waals surface area contributed by atoms with Gasteiger partial charge >= 0.3 is 0 Å². The number of aliphatic hydroxyl groups excluding tert-OH is 2. The van der Waals surface area contributed by atoms with Gasteiger partial charge in [-0.3, -0.25) is 0 Å². The van der Waals surface area contributed by atoms with Crippen molar-refractivity contribution in [2.75, 3.05) is 14.2 Å². The lowest BCUT2D eigenvalue weighted by atomic mass is 9.41. The van der Waals surface area contributed by atoms with E-state index in [9.17, 15) is 10.2 Å². The molecule has 4 nitrogen and oxygen atoms in total. The molecule has 4 fully saturated rings. The van der Waals surface area contributed by atoms with E-state index in [1.54, 1.807) is 7.11 Å². The van der Waals surface area contributed by atoms with E-state index in [1.165, 1.54) is 44.1 Å². The summed E-state index contributed by atoms with van der Waals surface area (Å²) in [5.74, 6) is 4.50. The van der Waals surface area contributed by atoms with Crippen molar-refractivity contribution in [3.05, 3.63) is 29.8 Å². The van der Waals surface area contributed by atoms with Gasteiger partial charge in [-0.15, -0.1) is 0 Å². The molecule has 5 rings (SSSR count). The molecule has 4 saturated carbocycles. The first-order chi connectivity index (χ1) is 17.2. The molecule has 10 unspecified atom stereocenters. The van der Waals surface area contributed by atoms with Gasteiger partial charge in [0.2, 0.25) is 0 Å². The number of methoxy groups -OCH3 is 1. The Bertz CT molecular complexity index is 903. The van der Waals surface area contributed by atoms with Gasteiger partial charge in [0.1, 0.15) is 5.75 Å². The Kier molecular flexibility index (Phi) is 7.28. The number of ether oxygens (including phenoxy) is 1. The van der Waals surface area contributed by atoms with Gasteiger partial charge in [-0.2, -0.15) is 0 Å². The lowest BCUT2D eigenvalue weighted by molar-refractivity contribution is -0.195. The Morgan fingerprint density at radius 3 is 2.47 bits per heavy atom. The average molecular weight is 498 g/mol. The lowest BCUT2D eigenvalue weighted by Crippen LogP contribution is -2.73. The molecule has 36 heavy (non-hydrogen) atoms. The number of aryl methyl sites for hydroxylation is 1. The highest BCUT2D eigenvalue weighted by Crippen LogP contribution is 2.69. The van der Waals surface area contributed by atoms with Crippen molar-refractivity contribution in [1.82, 2.24) is 5.32 Å². The third-order valence-electron chi connectivity index (χ3n) is 12.4. The van der Waals surface area contributed by atoms with E-state index in [-0.39, 0.29) is 23.2 Å². The molecule has 0 aliphatic heterocycles. The number of nitrogens with one attached hydrogen (secondary N) is 1. The minimum Gasteiger partial charge on any atom is -0.497 e. The van der Waals surface area contributed by atoms with Crippen LogP contribution in [0.3, 0.4) is 0 Å². The van der Waals surface area contributed by atoms with Gasteiger partial charge in [-0.05, 0) is 129 Å². The van der Waals surface area contributed by atoms with Crippen LogP contribution in [0.1, 0.15) is 90.5 Å². The second-order valence-corrected chi connectivity index (χ2v) is 13.6. The van der Waals surface area contributed by atoms with Crippen molar-refractivity contribution in [1.29, 1.82) is 0 Å². The van der Waals surface area contributed by atoms with Crippen LogP contribution in [0.2, 0.25) is 0 Å². The maximum Gasteiger partial charge on any atom is 0.118 e. The molecule has 0 radical (unpaired) electrons. The number of hydrogen-bond donors (Lipinski definition) is 3. The number of benzene rings is 1. The van der Waals surface area contributed by atoms with Gasteiger partial charge in [0, 0.05) is 0 Å². The van der Waals surface area contributed by atoms with Gasteiger partial charge < -0.3 is 20.3 Å². The third-order valence-corrected chi connectivity index (χ3v) is 12.4. The van der Waals surface area contributed by atoms with Crippen molar-refractivity contribution in [3.63, 3.8) is 0 Å². The zero-order valence-electron chi connectivity index (χ0n) is 23.4. The number of fused-ring (bicyclic) bond motifs is 5. The standard InChI is InChI=1S/C32H51NO3/c1-21(7-6-8-22-9-11-24(36-5)12-10-22)26-13-14-27-25-19-29(35)32(33-4)20-23(34)15-18-31(32,3)28(25)16-17-30(26,27)2/h9-12,21,23,25-29,33-35H,6-8,13-20H2,1-5H3. The quantitative estimate of drug-likeness (QED) is 0.433. The first kappa shape index (κ1) is 26.5. The Morgan fingerprint density at radius 1 is 1.03 bits per heavy atom. The SMILES string of the molecule is CNC12CC(O)CCC1(C)C1CCC3(C)C(C(C)CCCc4ccc(OC)cc4)CCC3C1CC2O. The molecule has 0 spiro atoms. The normalized spacial score (nSPS) is 44.9. The highest BCUT2D eigenvalue weighted by Gasteiger charge is 2.67. The lowest BCUT2D eigenvalue weighted by Gasteiger charge is -2.67. The summed E-state index contributed by atoms with van der Waals surface area (Å²) in [5.41, 5.74) is 1.54. The molecule has 1 aromatic carbocycles. The van der Waals surface area contributed by atoms with Crippen molar-refractivity contribution in [2.24, 2.45) is 40.4 Å². The van der Waals surface area contributed by atoms with Crippen molar-refractivity contribution in [2.45, 2.75) is 109 Å². The van der Waals surface area contributed by atoms with Gasteiger partial charge in [0.15, 0.2) is 0 Å². The summed E-state index contributed by atoms with van der Waals surface area (Å²) in [4.78, 5) is 0. The van der Waals surface area contributed by atoms with Gasteiger partial charge in [0.25, 0.3) is 0 Å². The van der Waals surface area contributed by atoms with E-state index < -0.39 is 0 Å². The highest BCUT2D eigenvalue weighted by molar-refractivity contribution is 5.27. The molecule has 0 bridgehead atoms. The van der Waals surface area contributed by atoms with Crippen LogP contribution in [-0.2, 0) is 6.42 Å². The summed E-state index contributed by atoms with van der Waals surface area (Å²) < 4.78 is 5.31. The zero-order valence-corrected chi connectivity index (χ0v) is 23.4. The predicted octanol–water partition coefficient (Wildman–Crippen LogP) is 5.99. The van der Waals surface area contributed by atoms with Gasteiger partial charge in [0.05, 0.1) is 24.9 Å². The van der Waals surface area contributed by atoms with E-state index in [0.29, 0.717) is 23.7 Å². The molecular weight excluding hydrogens is 446 g/mol. The Balaban J connectivity index is 1.27. The molecule has 4 aliphatic carbocycles. The third kappa shape index (κ3) is 4.05. The molecule has 10 atom stereocenters. The molecule has 0 heterocycles. The first-order valence-electron chi connectivity index (χ1n) is 14.9. The fraction of sp³-hybridized carbons (Fsp3) is 0.812. The fourth-order valence-electron chi connectivity index (χ4n) is 10.4. The summed E-state index contributed by atoms with van der Waals surface area (Å²) >= 11 is 0. The molecule has 1 aromatic rings. The van der Waals surface area contributed by atoms with Crippen LogP contribution < -0.4 is 10.1 Å². The summed E-state index contributed by atoms with van der Waals surface area (Å²) in [6.45, 7) is 7.58. The second kappa shape index (κ2) is 9.89. The second-order valence-electron chi connectivity index (χ2n) is 13.6. The number of likely N-dealkylation sites (N-methyl/N-ethyl adjacent to an activating group) is 1. The van der Waals surface area contributed by atoms with E-state index in [2.05, 4.69) is 50.4 Å². The van der Waals surface area contributed by atoms with Crippen LogP contribution in [0.15, 0.2) is 24.3 Å². The average Bonchev–Trinajstić information content (AvgIpc) is 3.23. The zero-order chi connectivity index (χ0) is 25.7. The molecule has 0 aromatic heterocycles. The summed E-state index contributed by atoms with van der Waals surface area (Å²) in [7, 11) is 3.75. The minimum atomic E-state index is -0.368. The predicted molar refractivity (Wildman–Crippen MR) is 146 cm³/mol. The molecule has 202 valence electrons. The number of rotatable bonds is 7. The van der Waals surface area contributed by atoms with E-state index >= 15 is 0 Å². The van der Waals surface area contributed by atoms with E-state index in [1.807, 2.05) is 7.05 Å². The van der Waals surface area contributed by atoms with Crippen molar-refractivity contribution < 1.29 is 14.9 Å². The number of hydrogen-bond acceptors (Lipinski definition) is 4. The van der Waals surface area contributed by atoms with Crippen molar-refractivity contribution >= 4 is 0 Å². The minimum absolute atomic E-state index is 0.0622. The smallest absolute Gasteiger partial charge is 0.118 e. The van der Waals surface area contributed by atoms with E-state index in [0.717, 1.165) is 49.2 Å². The first-order valence-corrected chi connectivity index (χ1v) is 14.9. The highest BCUT2D eigenvalue weighted by atomic mass is 16.5. The fourth-order valence-corrected chi connectivity index (χ4v) is 10.4. The molecule has 0 amide bonds. The molecule has 4 heteroatoms. The molecule has 0 saturated heterocycles. The van der Waals surface area contributed by atoms with E-state index in [4.69, 9.17) is 4.74 Å². The van der Waals surface area contributed by atoms with Crippen LogP contribution in [0.4, 0.5) is 0 Å². The summed E-state index contributed by atoms with van der Waals surface area (Å²) in [6, 6.07) is 8.58. The van der Waals surface area contributed by atoms with Gasteiger partial charge in [-0.1, -0.05) is 39.3 Å². The van der Waals surface area contributed by atoms with Crippen LogP contribution in [0, 0.1) is 40.4 Å². The van der Waals surface area contributed by atoms with Gasteiger partial charge in [-0.25, -0.2) is 0 Å². The van der Waals surface area contributed by atoms with Crippen LogP contribution in [0.5, 0.6) is 5.75 Å². The number of aliphatic hydroxyl groups is 2. The Labute approximate surface area is 219 Å². The topological polar surface area (TPSA) is 61.7 Å². The Hall–Kier alpha value is -1.10. The molecule has 3 N–H and O–H groups in total. The maximum atomic E-state index is 11.6. The van der Waals surface area contributed by atoms with Crippen LogP contribution in [-0.4, -0.2) is 42.1 Å². The largest absolute Gasteiger partial charge is 0.497 e. The monoisotopic (exact) mass is 497 g/mol. The molecular formula is C32H51NO3. The van der Waals surface area contributed by atoms with Crippen LogP contribution in [0.25, 0.3) is 0 Å². The van der Waals surface area contributed by atoms with Crippen LogP contribution >= 0.6 is 0 Å². The maximum absolute atomic E-state index is 11.6. The summed E-state index contributed by atoms with van der Waals surface area (Å²) in [6.07, 6.45) is 11.9.